The molecule has 2 unspecified atom stereocenters. The quantitative estimate of drug-likeness (QED) is 0.794. The van der Waals surface area contributed by atoms with E-state index in [0.29, 0.717) is 0 Å². The fourth-order valence-corrected chi connectivity index (χ4v) is 4.18. The Morgan fingerprint density at radius 2 is 2.05 bits per heavy atom. The first-order valence-corrected chi connectivity index (χ1v) is 8.52. The normalized spacial score (nSPS) is 19.7. The van der Waals surface area contributed by atoms with Crippen molar-refractivity contribution in [2.75, 3.05) is 13.1 Å². The molecule has 1 nitrogen and oxygen atoms in total. The van der Waals surface area contributed by atoms with Crippen molar-refractivity contribution < 1.29 is 0 Å². The summed E-state index contributed by atoms with van der Waals surface area (Å²) < 4.78 is 0. The molecule has 19 heavy (non-hydrogen) atoms. The van der Waals surface area contributed by atoms with Crippen LogP contribution in [0, 0.1) is 11.8 Å². The molecule has 1 aliphatic heterocycles. The third kappa shape index (κ3) is 4.54. The fraction of sp³-hybridized carbons (Fsp3) is 0.647. The van der Waals surface area contributed by atoms with Crippen LogP contribution in [-0.2, 0) is 6.42 Å². The Bertz CT molecular complexity index is 364. The second-order valence-corrected chi connectivity index (χ2v) is 7.46. The van der Waals surface area contributed by atoms with E-state index in [-0.39, 0.29) is 0 Å². The Labute approximate surface area is 122 Å². The molecule has 0 radical (unpaired) electrons. The number of fused-ring (bicyclic) bond motifs is 1. The van der Waals surface area contributed by atoms with E-state index in [4.69, 9.17) is 0 Å². The van der Waals surface area contributed by atoms with E-state index in [0.717, 1.165) is 23.6 Å². The van der Waals surface area contributed by atoms with E-state index in [2.05, 4.69) is 62.1 Å². The van der Waals surface area contributed by atoms with E-state index < -0.39 is 0 Å². The van der Waals surface area contributed by atoms with Crippen LogP contribution in [0.5, 0.6) is 0 Å². The predicted molar refractivity (Wildman–Crippen MR) is 85.9 cm³/mol. The molecule has 2 rings (SSSR count). The topological polar surface area (TPSA) is 12.0 Å². The first-order chi connectivity index (χ1) is 9.19. The molecule has 1 N–H and O–H groups in total. The minimum Gasteiger partial charge on any atom is -0.316 e. The highest BCUT2D eigenvalue weighted by atomic mass is 32.2. The van der Waals surface area contributed by atoms with Gasteiger partial charge in [-0.25, -0.2) is 0 Å². The lowest BCUT2D eigenvalue weighted by molar-refractivity contribution is 0.412. The number of nitrogens with one attached hydrogen (secondary N) is 1. The SMILES string of the molecule is CCC(CNCC(C)C)CC1Cc2ccccc2S1. The summed E-state index contributed by atoms with van der Waals surface area (Å²) in [6.07, 6.45) is 3.90. The summed E-state index contributed by atoms with van der Waals surface area (Å²) in [5, 5.41) is 4.42. The van der Waals surface area contributed by atoms with E-state index in [9.17, 15) is 0 Å². The van der Waals surface area contributed by atoms with Crippen molar-refractivity contribution in [3.05, 3.63) is 29.8 Å². The molecule has 0 aromatic heterocycles. The number of thioether (sulfide) groups is 1. The molecular formula is C17H27NS. The third-order valence-corrected chi connectivity index (χ3v) is 5.22. The minimum absolute atomic E-state index is 0.752. The Balaban J connectivity index is 1.78. The molecule has 0 spiro atoms. The molecule has 2 atom stereocenters. The highest BCUT2D eigenvalue weighted by molar-refractivity contribution is 8.00. The van der Waals surface area contributed by atoms with E-state index >= 15 is 0 Å². The standard InChI is InChI=1S/C17H27NS/c1-4-14(12-18-11-13(2)3)9-16-10-15-7-5-6-8-17(15)19-16/h5-8,13-14,16,18H,4,9-12H2,1-3H3. The van der Waals surface area contributed by atoms with Crippen molar-refractivity contribution in [3.8, 4) is 0 Å². The third-order valence-electron chi connectivity index (χ3n) is 3.87. The zero-order valence-electron chi connectivity index (χ0n) is 12.5. The number of rotatable bonds is 7. The maximum atomic E-state index is 3.62. The van der Waals surface area contributed by atoms with Crippen LogP contribution in [0.1, 0.15) is 39.2 Å². The molecule has 0 saturated carbocycles. The summed E-state index contributed by atoms with van der Waals surface area (Å²) in [6.45, 7) is 9.21. The van der Waals surface area contributed by atoms with Crippen LogP contribution in [0.2, 0.25) is 0 Å². The van der Waals surface area contributed by atoms with Crippen molar-refractivity contribution in [3.63, 3.8) is 0 Å². The van der Waals surface area contributed by atoms with Crippen LogP contribution in [0.25, 0.3) is 0 Å². The van der Waals surface area contributed by atoms with Crippen molar-refractivity contribution >= 4 is 11.8 Å². The average Bonchev–Trinajstić information content (AvgIpc) is 2.79. The minimum atomic E-state index is 0.752. The molecule has 1 heterocycles. The van der Waals surface area contributed by atoms with E-state index in [1.54, 1.807) is 5.56 Å². The Hall–Kier alpha value is -0.470. The summed E-state index contributed by atoms with van der Waals surface area (Å²) >= 11 is 2.09. The number of benzene rings is 1. The second kappa shape index (κ2) is 7.35. The molecule has 1 aliphatic rings. The van der Waals surface area contributed by atoms with Gasteiger partial charge in [0.05, 0.1) is 0 Å². The van der Waals surface area contributed by atoms with Gasteiger partial charge in [-0.2, -0.15) is 0 Å². The molecule has 0 fully saturated rings. The molecule has 106 valence electrons. The average molecular weight is 277 g/mol. The van der Waals surface area contributed by atoms with E-state index in [1.807, 2.05) is 0 Å². The van der Waals surface area contributed by atoms with Crippen LogP contribution in [0.3, 0.4) is 0 Å². The van der Waals surface area contributed by atoms with Crippen LogP contribution in [0.15, 0.2) is 29.2 Å². The zero-order chi connectivity index (χ0) is 13.7. The lowest BCUT2D eigenvalue weighted by atomic mass is 9.97. The van der Waals surface area contributed by atoms with Crippen LogP contribution < -0.4 is 5.32 Å². The molecule has 0 bridgehead atoms. The fourth-order valence-electron chi connectivity index (χ4n) is 2.73. The lowest BCUT2D eigenvalue weighted by Gasteiger charge is -2.20. The van der Waals surface area contributed by atoms with Gasteiger partial charge in [-0.05, 0) is 49.4 Å². The second-order valence-electron chi connectivity index (χ2n) is 6.11. The molecule has 0 aliphatic carbocycles. The largest absolute Gasteiger partial charge is 0.316 e. The Morgan fingerprint density at radius 1 is 1.26 bits per heavy atom. The van der Waals surface area contributed by atoms with Gasteiger partial charge in [0.1, 0.15) is 0 Å². The smallest absolute Gasteiger partial charge is 0.0138 e. The molecular weight excluding hydrogens is 250 g/mol. The van der Waals surface area contributed by atoms with Gasteiger partial charge in [0.15, 0.2) is 0 Å². The zero-order valence-corrected chi connectivity index (χ0v) is 13.3. The maximum Gasteiger partial charge on any atom is 0.0138 e. The van der Waals surface area contributed by atoms with Crippen molar-refractivity contribution in [2.24, 2.45) is 11.8 Å². The Kier molecular flexibility index (Phi) is 5.77. The molecule has 0 amide bonds. The predicted octanol–water partition coefficient (Wildman–Crippen LogP) is 4.37. The monoisotopic (exact) mass is 277 g/mol. The molecule has 0 saturated heterocycles. The maximum absolute atomic E-state index is 3.62. The highest BCUT2D eigenvalue weighted by Gasteiger charge is 2.24. The summed E-state index contributed by atoms with van der Waals surface area (Å²) in [5.41, 5.74) is 1.56. The van der Waals surface area contributed by atoms with E-state index in [1.165, 1.54) is 30.7 Å². The van der Waals surface area contributed by atoms with Crippen LogP contribution >= 0.6 is 11.8 Å². The van der Waals surface area contributed by atoms with Crippen LogP contribution in [0.4, 0.5) is 0 Å². The molecule has 1 aromatic carbocycles. The summed E-state index contributed by atoms with van der Waals surface area (Å²) in [7, 11) is 0. The van der Waals surface area contributed by atoms with Crippen molar-refractivity contribution in [1.29, 1.82) is 0 Å². The Morgan fingerprint density at radius 3 is 2.74 bits per heavy atom. The van der Waals surface area contributed by atoms with Gasteiger partial charge in [0.25, 0.3) is 0 Å². The number of hydrogen-bond acceptors (Lipinski definition) is 2. The van der Waals surface area contributed by atoms with Crippen LogP contribution in [-0.4, -0.2) is 18.3 Å². The molecule has 1 aromatic rings. The first kappa shape index (κ1) is 14.9. The van der Waals surface area contributed by atoms with Gasteiger partial charge in [-0.3, -0.25) is 0 Å². The number of hydrogen-bond donors (Lipinski definition) is 1. The van der Waals surface area contributed by atoms with Gasteiger partial charge in [0.2, 0.25) is 0 Å². The highest BCUT2D eigenvalue weighted by Crippen LogP contribution is 2.39. The van der Waals surface area contributed by atoms with Gasteiger partial charge >= 0.3 is 0 Å². The van der Waals surface area contributed by atoms with Gasteiger partial charge < -0.3 is 5.32 Å². The summed E-state index contributed by atoms with van der Waals surface area (Å²) in [4.78, 5) is 1.51. The van der Waals surface area contributed by atoms with Crippen molar-refractivity contribution in [2.45, 2.75) is 50.2 Å². The lowest BCUT2D eigenvalue weighted by Crippen LogP contribution is -2.27. The van der Waals surface area contributed by atoms with Gasteiger partial charge in [0, 0.05) is 10.1 Å². The first-order valence-electron chi connectivity index (χ1n) is 7.64. The summed E-state index contributed by atoms with van der Waals surface area (Å²) in [5.74, 6) is 1.58. The van der Waals surface area contributed by atoms with Gasteiger partial charge in [-0.1, -0.05) is 45.4 Å². The molecule has 2 heteroatoms. The van der Waals surface area contributed by atoms with Gasteiger partial charge in [-0.15, -0.1) is 11.8 Å². The summed E-state index contributed by atoms with van der Waals surface area (Å²) in [6, 6.07) is 8.90. The van der Waals surface area contributed by atoms with Crippen molar-refractivity contribution in [1.82, 2.24) is 5.32 Å².